The molecule has 16 heteroatoms. The molecule has 0 amide bonds. The van der Waals surface area contributed by atoms with Crippen molar-refractivity contribution >= 4 is 46.8 Å². The molecule has 2 aliphatic carbocycles. The molecule has 1 aromatic heterocycles. The minimum atomic E-state index is -0.426. The number of ether oxygens (including phenoxy) is 8. The Morgan fingerprint density at radius 2 is 0.901 bits per heavy atom. The first-order valence-electron chi connectivity index (χ1n) is 28.7. The SMILES string of the molecule is C=CC(=O)OCCCCCCOc1ccc(CCC(=O)OC2CCC(C(=O)Oc3ccc(OC(=O)C4CCC(OC(=O)CCc5ccc(OCCCCCCOC(=O)C=C)cc5)CC4)c4nc(-c5ccccc5)c(C)nc34)CC2)cc1. The van der Waals surface area contributed by atoms with Crippen molar-refractivity contribution in [2.75, 3.05) is 26.4 Å². The van der Waals surface area contributed by atoms with Gasteiger partial charge in [-0.1, -0.05) is 67.8 Å². The number of rotatable bonds is 31. The number of nitrogens with zero attached hydrogens (tertiary/aromatic N) is 2. The zero-order valence-electron chi connectivity index (χ0n) is 46.6. The van der Waals surface area contributed by atoms with Gasteiger partial charge in [0.15, 0.2) is 11.5 Å². The lowest BCUT2D eigenvalue weighted by atomic mass is 9.87. The fraction of sp³-hybridized carbons (Fsp3) is 0.446. The van der Waals surface area contributed by atoms with E-state index in [9.17, 15) is 28.8 Å². The van der Waals surface area contributed by atoms with Gasteiger partial charge in [-0.05, 0) is 170 Å². The minimum absolute atomic E-state index is 0.194. The van der Waals surface area contributed by atoms with Crippen LogP contribution in [-0.2, 0) is 60.6 Å². The molecule has 430 valence electrons. The molecule has 4 aromatic carbocycles. The van der Waals surface area contributed by atoms with Crippen LogP contribution in [0.25, 0.3) is 22.3 Å². The third kappa shape index (κ3) is 20.0. The van der Waals surface area contributed by atoms with Crippen LogP contribution in [0.4, 0.5) is 0 Å². The molecule has 81 heavy (non-hydrogen) atoms. The van der Waals surface area contributed by atoms with Crippen molar-refractivity contribution in [2.45, 2.75) is 148 Å². The summed E-state index contributed by atoms with van der Waals surface area (Å²) in [4.78, 5) is 85.5. The normalized spacial score (nSPS) is 16.8. The van der Waals surface area contributed by atoms with Crippen molar-refractivity contribution in [3.63, 3.8) is 0 Å². The van der Waals surface area contributed by atoms with Crippen LogP contribution in [0.2, 0.25) is 0 Å². The van der Waals surface area contributed by atoms with Crippen LogP contribution in [0, 0.1) is 18.8 Å². The number of carbonyl (C=O) groups excluding carboxylic acids is 6. The fourth-order valence-electron chi connectivity index (χ4n) is 9.87. The van der Waals surface area contributed by atoms with Crippen LogP contribution in [0.15, 0.2) is 116 Å². The summed E-state index contributed by atoms with van der Waals surface area (Å²) in [5.74, 6) is -1.15. The average molecular weight is 1110 g/mol. The van der Waals surface area contributed by atoms with E-state index in [0.29, 0.717) is 102 Å². The van der Waals surface area contributed by atoms with E-state index >= 15 is 0 Å². The Morgan fingerprint density at radius 3 is 1.32 bits per heavy atom. The maximum atomic E-state index is 13.8. The summed E-state index contributed by atoms with van der Waals surface area (Å²) in [5, 5.41) is 0. The number of fused-ring (bicyclic) bond motifs is 1. The van der Waals surface area contributed by atoms with E-state index < -0.39 is 35.7 Å². The predicted octanol–water partition coefficient (Wildman–Crippen LogP) is 12.2. The summed E-state index contributed by atoms with van der Waals surface area (Å²) in [6, 6.07) is 28.1. The number of benzene rings is 4. The van der Waals surface area contributed by atoms with Gasteiger partial charge in [0, 0.05) is 30.6 Å². The highest BCUT2D eigenvalue weighted by atomic mass is 16.6. The first kappa shape index (κ1) is 60.8. The first-order chi connectivity index (χ1) is 39.4. The Kier molecular flexibility index (Phi) is 24.3. The summed E-state index contributed by atoms with van der Waals surface area (Å²) in [5.41, 5.74) is 4.57. The van der Waals surface area contributed by atoms with Gasteiger partial charge in [-0.3, -0.25) is 19.2 Å². The fourth-order valence-corrected chi connectivity index (χ4v) is 9.87. The minimum Gasteiger partial charge on any atom is -0.494 e. The highest BCUT2D eigenvalue weighted by molar-refractivity contribution is 5.93. The van der Waals surface area contributed by atoms with Crippen LogP contribution in [0.5, 0.6) is 23.0 Å². The van der Waals surface area contributed by atoms with Gasteiger partial charge in [0.1, 0.15) is 34.7 Å². The number of unbranched alkanes of at least 4 members (excludes halogenated alkanes) is 6. The molecule has 16 nitrogen and oxygen atoms in total. The third-order valence-corrected chi connectivity index (χ3v) is 14.5. The summed E-state index contributed by atoms with van der Waals surface area (Å²) in [6.07, 6.45) is 14.5. The van der Waals surface area contributed by atoms with Gasteiger partial charge in [-0.15, -0.1) is 0 Å². The summed E-state index contributed by atoms with van der Waals surface area (Å²) in [7, 11) is 0. The van der Waals surface area contributed by atoms with Gasteiger partial charge in [0.05, 0.1) is 49.7 Å². The van der Waals surface area contributed by atoms with Gasteiger partial charge >= 0.3 is 35.8 Å². The van der Waals surface area contributed by atoms with Gasteiger partial charge in [0.25, 0.3) is 0 Å². The van der Waals surface area contributed by atoms with Crippen molar-refractivity contribution in [2.24, 2.45) is 11.8 Å². The molecule has 0 radical (unpaired) electrons. The monoisotopic (exact) mass is 1110 g/mol. The third-order valence-electron chi connectivity index (χ3n) is 14.5. The summed E-state index contributed by atoms with van der Waals surface area (Å²) >= 11 is 0. The number of carbonyl (C=O) groups is 6. The zero-order valence-corrected chi connectivity index (χ0v) is 46.6. The highest BCUT2D eigenvalue weighted by Gasteiger charge is 2.33. The molecular formula is C65H76N2O14. The Labute approximate surface area is 474 Å². The molecule has 2 fully saturated rings. The Morgan fingerprint density at radius 1 is 0.494 bits per heavy atom. The van der Waals surface area contributed by atoms with Crippen molar-refractivity contribution in [3.8, 4) is 34.3 Å². The number of aromatic nitrogens is 2. The number of hydrogen-bond donors (Lipinski definition) is 0. The van der Waals surface area contributed by atoms with E-state index in [1.54, 1.807) is 12.1 Å². The molecule has 0 spiro atoms. The Balaban J connectivity index is 0.831. The van der Waals surface area contributed by atoms with Crippen molar-refractivity contribution in [3.05, 3.63) is 133 Å². The van der Waals surface area contributed by atoms with Gasteiger partial charge in [-0.2, -0.15) is 0 Å². The van der Waals surface area contributed by atoms with Gasteiger partial charge in [0.2, 0.25) is 0 Å². The van der Waals surface area contributed by atoms with Gasteiger partial charge in [-0.25, -0.2) is 19.6 Å². The van der Waals surface area contributed by atoms with E-state index in [-0.39, 0.29) is 59.5 Å². The van der Waals surface area contributed by atoms with Crippen molar-refractivity contribution in [1.29, 1.82) is 0 Å². The molecule has 0 unspecified atom stereocenters. The largest absolute Gasteiger partial charge is 0.494 e. The molecule has 2 saturated carbocycles. The summed E-state index contributed by atoms with van der Waals surface area (Å²) < 4.78 is 45.6. The molecule has 5 aromatic rings. The highest BCUT2D eigenvalue weighted by Crippen LogP contribution is 2.37. The maximum Gasteiger partial charge on any atom is 0.330 e. The van der Waals surface area contributed by atoms with Crippen molar-refractivity contribution < 1.29 is 66.7 Å². The van der Waals surface area contributed by atoms with Gasteiger partial charge < -0.3 is 37.9 Å². The zero-order chi connectivity index (χ0) is 57.2. The van der Waals surface area contributed by atoms with E-state index in [0.717, 1.165) is 91.7 Å². The molecule has 2 aliphatic rings. The van der Waals surface area contributed by atoms with Crippen LogP contribution in [0.1, 0.15) is 132 Å². The second kappa shape index (κ2) is 32.4. The topological polar surface area (TPSA) is 202 Å². The van der Waals surface area contributed by atoms with Crippen LogP contribution in [-0.4, -0.2) is 84.4 Å². The van der Waals surface area contributed by atoms with E-state index in [1.807, 2.05) is 85.8 Å². The molecular weight excluding hydrogens is 1030 g/mol. The second-order valence-electron chi connectivity index (χ2n) is 20.6. The van der Waals surface area contributed by atoms with Crippen LogP contribution < -0.4 is 18.9 Å². The van der Waals surface area contributed by atoms with Crippen LogP contribution >= 0.6 is 0 Å². The Hall–Kier alpha value is -7.88. The summed E-state index contributed by atoms with van der Waals surface area (Å²) in [6.45, 7) is 10.6. The van der Waals surface area contributed by atoms with Crippen LogP contribution in [0.3, 0.4) is 0 Å². The molecule has 0 atom stereocenters. The number of hydrogen-bond acceptors (Lipinski definition) is 16. The standard InChI is InChI=1S/C65H76N2O14/c1-4-57(68)76-43-15-8-6-13-41-74-51-29-19-46(20-30-51)23-39-59(70)78-53-33-25-49(26-34-53)64(72)80-55-37-38-56(63-62(55)66-45(3)61(67-63)48-17-11-10-12-18-48)81-65(73)50-27-35-54(36-28-50)79-60(71)40-24-47-21-31-52(32-22-47)75-42-14-7-9-16-44-77-58(69)5-2/h4-5,10-12,17-22,29-32,37-38,49-50,53-54H,1-2,6-9,13-16,23-28,33-36,39-44H2,3H3. The Bertz CT molecular complexity index is 2870. The molecule has 7 rings (SSSR count). The molecule has 0 bridgehead atoms. The smallest absolute Gasteiger partial charge is 0.330 e. The lowest BCUT2D eigenvalue weighted by molar-refractivity contribution is -0.153. The lowest BCUT2D eigenvalue weighted by Gasteiger charge is -2.27. The second-order valence-corrected chi connectivity index (χ2v) is 20.6. The number of aryl methyl sites for hydroxylation is 3. The predicted molar refractivity (Wildman–Crippen MR) is 304 cm³/mol. The molecule has 0 N–H and O–H groups in total. The lowest BCUT2D eigenvalue weighted by Crippen LogP contribution is -2.30. The number of esters is 6. The van der Waals surface area contributed by atoms with Crippen molar-refractivity contribution in [1.82, 2.24) is 9.97 Å². The van der Waals surface area contributed by atoms with E-state index in [4.69, 9.17) is 47.9 Å². The average Bonchev–Trinajstić information content (AvgIpc) is 3.55. The quantitative estimate of drug-likeness (QED) is 0.0133. The molecule has 1 heterocycles. The maximum absolute atomic E-state index is 13.8. The van der Waals surface area contributed by atoms with E-state index in [2.05, 4.69) is 13.2 Å². The molecule has 0 saturated heterocycles. The first-order valence-corrected chi connectivity index (χ1v) is 28.7. The molecule has 0 aliphatic heterocycles. The van der Waals surface area contributed by atoms with E-state index in [1.165, 1.54) is 0 Å².